The third kappa shape index (κ3) is 4.11. The summed E-state index contributed by atoms with van der Waals surface area (Å²) >= 11 is 0. The van der Waals surface area contributed by atoms with Gasteiger partial charge in [0.15, 0.2) is 0 Å². The maximum Gasteiger partial charge on any atom is 0.121 e. The summed E-state index contributed by atoms with van der Waals surface area (Å²) in [4.78, 5) is 0. The van der Waals surface area contributed by atoms with Gasteiger partial charge in [0.2, 0.25) is 0 Å². The number of hydrogen-bond acceptors (Lipinski definition) is 3. The van der Waals surface area contributed by atoms with E-state index in [1.54, 1.807) is 0 Å². The van der Waals surface area contributed by atoms with Crippen molar-refractivity contribution in [3.63, 3.8) is 0 Å². The molecule has 0 radical (unpaired) electrons. The van der Waals surface area contributed by atoms with E-state index in [4.69, 9.17) is 4.74 Å². The van der Waals surface area contributed by atoms with E-state index in [2.05, 4.69) is 5.32 Å². The normalized spacial score (nSPS) is 14.2. The highest BCUT2D eigenvalue weighted by molar-refractivity contribution is 5.48. The fraction of sp³-hybridized carbons (Fsp3) is 0.538. The van der Waals surface area contributed by atoms with Crippen LogP contribution in [0.15, 0.2) is 24.3 Å². The monoisotopic (exact) mass is 223 g/mol. The Bertz CT molecular complexity index is 323. The summed E-state index contributed by atoms with van der Waals surface area (Å²) < 4.78 is 5.40. The molecule has 3 heteroatoms. The lowest BCUT2D eigenvalue weighted by Crippen LogP contribution is -2.32. The van der Waals surface area contributed by atoms with Crippen LogP contribution in [0.25, 0.3) is 0 Å². The molecule has 0 aliphatic rings. The van der Waals surface area contributed by atoms with E-state index in [0.717, 1.165) is 17.9 Å². The highest BCUT2D eigenvalue weighted by atomic mass is 16.5. The number of aliphatic hydroxyl groups is 1. The van der Waals surface area contributed by atoms with Crippen LogP contribution in [0.3, 0.4) is 0 Å². The first-order valence-corrected chi connectivity index (χ1v) is 5.76. The van der Waals surface area contributed by atoms with Crippen molar-refractivity contribution in [1.82, 2.24) is 0 Å². The quantitative estimate of drug-likeness (QED) is 0.779. The van der Waals surface area contributed by atoms with Gasteiger partial charge in [0.05, 0.1) is 12.2 Å². The maximum absolute atomic E-state index is 9.86. The molecule has 1 unspecified atom stereocenters. The van der Waals surface area contributed by atoms with Crippen molar-refractivity contribution in [2.24, 2.45) is 0 Å². The molecule has 0 aliphatic heterocycles. The Balaban J connectivity index is 2.57. The van der Waals surface area contributed by atoms with E-state index >= 15 is 0 Å². The number of anilines is 1. The number of ether oxygens (including phenoxy) is 1. The molecule has 0 amide bonds. The molecular formula is C13H21NO2. The highest BCUT2D eigenvalue weighted by Crippen LogP contribution is 2.18. The van der Waals surface area contributed by atoms with Crippen molar-refractivity contribution >= 4 is 5.69 Å². The zero-order valence-corrected chi connectivity index (χ0v) is 10.3. The van der Waals surface area contributed by atoms with E-state index < -0.39 is 5.60 Å². The van der Waals surface area contributed by atoms with Gasteiger partial charge in [-0.1, -0.05) is 13.0 Å². The lowest BCUT2D eigenvalue weighted by atomic mass is 10.0. The van der Waals surface area contributed by atoms with Crippen LogP contribution in [0.5, 0.6) is 5.75 Å². The average molecular weight is 223 g/mol. The Morgan fingerprint density at radius 1 is 1.38 bits per heavy atom. The SMILES string of the molecule is CCOc1cccc(NCC(C)(O)CC)c1. The molecule has 0 aliphatic carbocycles. The summed E-state index contributed by atoms with van der Waals surface area (Å²) in [5, 5.41) is 13.1. The molecule has 0 aromatic heterocycles. The lowest BCUT2D eigenvalue weighted by molar-refractivity contribution is 0.0697. The largest absolute Gasteiger partial charge is 0.494 e. The predicted octanol–water partition coefficient (Wildman–Crippen LogP) is 2.66. The van der Waals surface area contributed by atoms with E-state index in [0.29, 0.717) is 13.2 Å². The van der Waals surface area contributed by atoms with Crippen molar-refractivity contribution in [1.29, 1.82) is 0 Å². The lowest BCUT2D eigenvalue weighted by Gasteiger charge is -2.22. The van der Waals surface area contributed by atoms with Crippen LogP contribution in [0, 0.1) is 0 Å². The Labute approximate surface area is 97.4 Å². The zero-order valence-electron chi connectivity index (χ0n) is 10.3. The minimum atomic E-state index is -0.665. The Kier molecular flexibility index (Phi) is 4.62. The first-order valence-electron chi connectivity index (χ1n) is 5.76. The fourth-order valence-electron chi connectivity index (χ4n) is 1.28. The molecule has 0 spiro atoms. The van der Waals surface area contributed by atoms with E-state index in [-0.39, 0.29) is 0 Å². The van der Waals surface area contributed by atoms with Gasteiger partial charge in [0, 0.05) is 18.3 Å². The molecule has 1 aromatic rings. The van der Waals surface area contributed by atoms with Gasteiger partial charge in [0.1, 0.15) is 5.75 Å². The second-order valence-electron chi connectivity index (χ2n) is 4.16. The summed E-state index contributed by atoms with van der Waals surface area (Å²) in [6.45, 7) is 6.96. The first-order chi connectivity index (χ1) is 7.57. The van der Waals surface area contributed by atoms with Crippen molar-refractivity contribution in [2.45, 2.75) is 32.8 Å². The molecule has 1 aromatic carbocycles. The molecule has 2 N–H and O–H groups in total. The molecule has 0 heterocycles. The zero-order chi connectivity index (χ0) is 12.0. The second-order valence-corrected chi connectivity index (χ2v) is 4.16. The van der Waals surface area contributed by atoms with Gasteiger partial charge in [-0.05, 0) is 32.4 Å². The molecule has 0 saturated carbocycles. The molecule has 1 rings (SSSR count). The molecule has 3 nitrogen and oxygen atoms in total. The van der Waals surface area contributed by atoms with Gasteiger partial charge in [-0.3, -0.25) is 0 Å². The van der Waals surface area contributed by atoms with Gasteiger partial charge in [-0.15, -0.1) is 0 Å². The third-order valence-electron chi connectivity index (χ3n) is 2.58. The number of rotatable bonds is 6. The molecule has 0 fully saturated rings. The Hall–Kier alpha value is -1.22. The standard InChI is InChI=1S/C13H21NO2/c1-4-13(3,15)10-14-11-7-6-8-12(9-11)16-5-2/h6-9,14-15H,4-5,10H2,1-3H3. The van der Waals surface area contributed by atoms with E-state index in [1.807, 2.05) is 45.0 Å². The van der Waals surface area contributed by atoms with Crippen LogP contribution in [-0.4, -0.2) is 23.9 Å². The van der Waals surface area contributed by atoms with Gasteiger partial charge >= 0.3 is 0 Å². The van der Waals surface area contributed by atoms with Crippen LogP contribution < -0.4 is 10.1 Å². The summed E-state index contributed by atoms with van der Waals surface area (Å²) in [6, 6.07) is 7.77. The number of nitrogens with one attached hydrogen (secondary N) is 1. The van der Waals surface area contributed by atoms with Crippen LogP contribution in [0.2, 0.25) is 0 Å². The van der Waals surface area contributed by atoms with Crippen molar-refractivity contribution < 1.29 is 9.84 Å². The number of hydrogen-bond donors (Lipinski definition) is 2. The van der Waals surface area contributed by atoms with E-state index in [9.17, 15) is 5.11 Å². The fourth-order valence-corrected chi connectivity index (χ4v) is 1.28. The summed E-state index contributed by atoms with van der Waals surface area (Å²) in [7, 11) is 0. The second kappa shape index (κ2) is 5.75. The smallest absolute Gasteiger partial charge is 0.121 e. The number of benzene rings is 1. The van der Waals surface area contributed by atoms with Gasteiger partial charge in [0.25, 0.3) is 0 Å². The van der Waals surface area contributed by atoms with Gasteiger partial charge < -0.3 is 15.2 Å². The van der Waals surface area contributed by atoms with Crippen LogP contribution in [0.1, 0.15) is 27.2 Å². The topological polar surface area (TPSA) is 41.5 Å². The first kappa shape index (κ1) is 12.8. The van der Waals surface area contributed by atoms with Crippen molar-refractivity contribution in [3.05, 3.63) is 24.3 Å². The molecule has 1 atom stereocenters. The van der Waals surface area contributed by atoms with Gasteiger partial charge in [-0.2, -0.15) is 0 Å². The van der Waals surface area contributed by atoms with E-state index in [1.165, 1.54) is 0 Å². The molecule has 0 bridgehead atoms. The maximum atomic E-state index is 9.86. The third-order valence-corrected chi connectivity index (χ3v) is 2.58. The average Bonchev–Trinajstić information content (AvgIpc) is 2.28. The minimum absolute atomic E-state index is 0.541. The molecule has 16 heavy (non-hydrogen) atoms. The molecule has 90 valence electrons. The van der Waals surface area contributed by atoms with Crippen molar-refractivity contribution in [3.8, 4) is 5.75 Å². The predicted molar refractivity (Wildman–Crippen MR) is 67.0 cm³/mol. The summed E-state index contributed by atoms with van der Waals surface area (Å²) in [6.07, 6.45) is 0.727. The van der Waals surface area contributed by atoms with Crippen LogP contribution in [-0.2, 0) is 0 Å². The van der Waals surface area contributed by atoms with Crippen molar-refractivity contribution in [2.75, 3.05) is 18.5 Å². The molecule has 0 saturated heterocycles. The summed E-state index contributed by atoms with van der Waals surface area (Å²) in [5.74, 6) is 0.851. The van der Waals surface area contributed by atoms with Crippen LogP contribution in [0.4, 0.5) is 5.69 Å². The van der Waals surface area contributed by atoms with Gasteiger partial charge in [-0.25, -0.2) is 0 Å². The highest BCUT2D eigenvalue weighted by Gasteiger charge is 2.16. The summed E-state index contributed by atoms with van der Waals surface area (Å²) in [5.41, 5.74) is 0.307. The minimum Gasteiger partial charge on any atom is -0.494 e. The molecular weight excluding hydrogens is 202 g/mol. The Morgan fingerprint density at radius 2 is 2.12 bits per heavy atom. The Morgan fingerprint density at radius 3 is 2.75 bits per heavy atom. The van der Waals surface area contributed by atoms with Crippen LogP contribution >= 0.6 is 0 Å².